The van der Waals surface area contributed by atoms with Crippen LogP contribution in [0.1, 0.15) is 15.9 Å². The van der Waals surface area contributed by atoms with Gasteiger partial charge in [0.25, 0.3) is 0 Å². The minimum absolute atomic E-state index is 0.319. The van der Waals surface area contributed by atoms with E-state index >= 15 is 0 Å². The third-order valence-corrected chi connectivity index (χ3v) is 4.93. The van der Waals surface area contributed by atoms with E-state index in [4.69, 9.17) is 14.5 Å². The van der Waals surface area contributed by atoms with Gasteiger partial charge in [-0.05, 0) is 29.8 Å². The number of ether oxygens (including phenoxy) is 2. The lowest BCUT2D eigenvalue weighted by Crippen LogP contribution is -2.05. The van der Waals surface area contributed by atoms with E-state index in [1.165, 1.54) is 7.11 Å². The highest BCUT2D eigenvalue weighted by molar-refractivity contribution is 7.98. The number of thioether (sulfide) groups is 1. The zero-order valence-electron chi connectivity index (χ0n) is 14.3. The molecule has 0 amide bonds. The molecule has 3 aromatic rings. The summed E-state index contributed by atoms with van der Waals surface area (Å²) in [6.07, 6.45) is 0. The molecule has 0 fully saturated rings. The number of carbonyl (C=O) groups is 1. The third kappa shape index (κ3) is 4.03. The van der Waals surface area contributed by atoms with Crippen molar-refractivity contribution in [3.05, 3.63) is 59.7 Å². The zero-order valence-corrected chi connectivity index (χ0v) is 15.1. The SMILES string of the molecule is COCCn1c(SCc2ccc(C(=O)OC)cc2)nc2ccccc21. The molecule has 0 radical (unpaired) electrons. The van der Waals surface area contributed by atoms with Crippen molar-refractivity contribution in [1.29, 1.82) is 0 Å². The number of hydrogen-bond acceptors (Lipinski definition) is 5. The van der Waals surface area contributed by atoms with Gasteiger partial charge < -0.3 is 14.0 Å². The van der Waals surface area contributed by atoms with E-state index in [0.29, 0.717) is 12.2 Å². The average molecular weight is 356 g/mol. The maximum atomic E-state index is 11.5. The van der Waals surface area contributed by atoms with Crippen LogP contribution in [0.25, 0.3) is 11.0 Å². The minimum Gasteiger partial charge on any atom is -0.465 e. The van der Waals surface area contributed by atoms with Gasteiger partial charge in [0.1, 0.15) is 0 Å². The van der Waals surface area contributed by atoms with Gasteiger partial charge in [0, 0.05) is 19.4 Å². The third-order valence-electron chi connectivity index (χ3n) is 3.88. The summed E-state index contributed by atoms with van der Waals surface area (Å²) in [5.74, 6) is 0.457. The number of aromatic nitrogens is 2. The van der Waals surface area contributed by atoms with Crippen molar-refractivity contribution in [3.8, 4) is 0 Å². The van der Waals surface area contributed by atoms with Crippen LogP contribution in [0.3, 0.4) is 0 Å². The first-order valence-corrected chi connectivity index (χ1v) is 8.95. The Morgan fingerprint density at radius 1 is 1.12 bits per heavy atom. The molecule has 0 saturated heterocycles. The van der Waals surface area contributed by atoms with Gasteiger partial charge in [0.2, 0.25) is 0 Å². The van der Waals surface area contributed by atoms with Crippen LogP contribution in [0.2, 0.25) is 0 Å². The summed E-state index contributed by atoms with van der Waals surface area (Å²) >= 11 is 1.68. The molecular formula is C19H20N2O3S. The Morgan fingerprint density at radius 2 is 1.88 bits per heavy atom. The highest BCUT2D eigenvalue weighted by Crippen LogP contribution is 2.27. The summed E-state index contributed by atoms with van der Waals surface area (Å²) < 4.78 is 12.1. The second-order valence-electron chi connectivity index (χ2n) is 5.50. The van der Waals surface area contributed by atoms with E-state index in [-0.39, 0.29) is 5.97 Å². The summed E-state index contributed by atoms with van der Waals surface area (Å²) in [5.41, 5.74) is 3.79. The molecular weight excluding hydrogens is 336 g/mol. The minimum atomic E-state index is -0.319. The lowest BCUT2D eigenvalue weighted by Gasteiger charge is -2.08. The second kappa shape index (κ2) is 8.18. The fourth-order valence-electron chi connectivity index (χ4n) is 2.57. The van der Waals surface area contributed by atoms with Gasteiger partial charge in [0.05, 0.1) is 30.3 Å². The van der Waals surface area contributed by atoms with Gasteiger partial charge in [-0.2, -0.15) is 0 Å². The molecule has 6 heteroatoms. The Labute approximate surface area is 151 Å². The number of fused-ring (bicyclic) bond motifs is 1. The lowest BCUT2D eigenvalue weighted by molar-refractivity contribution is 0.0600. The fraction of sp³-hybridized carbons (Fsp3) is 0.263. The van der Waals surface area contributed by atoms with Gasteiger partial charge in [-0.15, -0.1) is 0 Å². The average Bonchev–Trinajstić information content (AvgIpc) is 3.02. The van der Waals surface area contributed by atoms with Crippen molar-refractivity contribution in [2.75, 3.05) is 20.8 Å². The van der Waals surface area contributed by atoms with Gasteiger partial charge in [-0.1, -0.05) is 36.0 Å². The molecule has 0 unspecified atom stereocenters. The van der Waals surface area contributed by atoms with Crippen molar-refractivity contribution in [2.24, 2.45) is 0 Å². The van der Waals surface area contributed by atoms with Gasteiger partial charge in [-0.3, -0.25) is 0 Å². The maximum Gasteiger partial charge on any atom is 0.337 e. The second-order valence-corrected chi connectivity index (χ2v) is 6.45. The van der Waals surface area contributed by atoms with Crippen LogP contribution in [0.5, 0.6) is 0 Å². The zero-order chi connectivity index (χ0) is 17.6. The first-order chi connectivity index (χ1) is 12.2. The Hall–Kier alpha value is -2.31. The molecule has 5 nitrogen and oxygen atoms in total. The molecule has 0 aliphatic heterocycles. The Bertz CT molecular complexity index is 859. The summed E-state index contributed by atoms with van der Waals surface area (Å²) in [4.78, 5) is 16.2. The highest BCUT2D eigenvalue weighted by Gasteiger charge is 2.11. The van der Waals surface area contributed by atoms with Crippen LogP contribution in [-0.2, 0) is 21.8 Å². The molecule has 25 heavy (non-hydrogen) atoms. The molecule has 0 spiro atoms. The quantitative estimate of drug-likeness (QED) is 0.476. The first-order valence-electron chi connectivity index (χ1n) is 7.97. The Balaban J connectivity index is 1.77. The predicted octanol–water partition coefficient (Wildman–Crippen LogP) is 3.76. The Kier molecular flexibility index (Phi) is 5.73. The molecule has 0 N–H and O–H groups in total. The van der Waals surface area contributed by atoms with Crippen molar-refractivity contribution < 1.29 is 14.3 Å². The van der Waals surface area contributed by atoms with E-state index in [1.54, 1.807) is 31.0 Å². The maximum absolute atomic E-state index is 11.5. The highest BCUT2D eigenvalue weighted by atomic mass is 32.2. The van der Waals surface area contributed by atoms with E-state index in [1.807, 2.05) is 30.3 Å². The molecule has 3 rings (SSSR count). The summed E-state index contributed by atoms with van der Waals surface area (Å²) in [7, 11) is 3.09. The molecule has 0 aliphatic rings. The number of imidazole rings is 1. The van der Waals surface area contributed by atoms with E-state index in [2.05, 4.69) is 10.6 Å². The van der Waals surface area contributed by atoms with Crippen molar-refractivity contribution in [3.63, 3.8) is 0 Å². The molecule has 1 heterocycles. The van der Waals surface area contributed by atoms with Crippen LogP contribution in [-0.4, -0.2) is 36.3 Å². The number of nitrogens with zero attached hydrogens (tertiary/aromatic N) is 2. The van der Waals surface area contributed by atoms with Crippen molar-refractivity contribution in [2.45, 2.75) is 17.5 Å². The number of methoxy groups -OCH3 is 2. The van der Waals surface area contributed by atoms with E-state index in [9.17, 15) is 4.79 Å². The molecule has 2 aromatic carbocycles. The lowest BCUT2D eigenvalue weighted by atomic mass is 10.1. The van der Waals surface area contributed by atoms with Crippen LogP contribution >= 0.6 is 11.8 Å². The summed E-state index contributed by atoms with van der Waals surface area (Å²) in [6, 6.07) is 15.6. The Morgan fingerprint density at radius 3 is 2.60 bits per heavy atom. The number of carbonyl (C=O) groups excluding carboxylic acids is 1. The van der Waals surface area contributed by atoms with Crippen molar-refractivity contribution >= 4 is 28.8 Å². The molecule has 130 valence electrons. The smallest absolute Gasteiger partial charge is 0.337 e. The van der Waals surface area contributed by atoms with Gasteiger partial charge in [0.15, 0.2) is 5.16 Å². The normalized spacial score (nSPS) is 11.0. The number of benzene rings is 2. The molecule has 1 aromatic heterocycles. The van der Waals surface area contributed by atoms with Crippen molar-refractivity contribution in [1.82, 2.24) is 9.55 Å². The number of para-hydroxylation sites is 2. The predicted molar refractivity (Wildman–Crippen MR) is 99.0 cm³/mol. The van der Waals surface area contributed by atoms with E-state index < -0.39 is 0 Å². The number of rotatable bonds is 7. The van der Waals surface area contributed by atoms with Crippen LogP contribution < -0.4 is 0 Å². The van der Waals surface area contributed by atoms with Crippen LogP contribution in [0.15, 0.2) is 53.7 Å². The van der Waals surface area contributed by atoms with E-state index in [0.717, 1.165) is 34.1 Å². The van der Waals surface area contributed by atoms with Crippen LogP contribution in [0, 0.1) is 0 Å². The topological polar surface area (TPSA) is 53.4 Å². The van der Waals surface area contributed by atoms with Crippen LogP contribution in [0.4, 0.5) is 0 Å². The molecule has 0 saturated carbocycles. The van der Waals surface area contributed by atoms with Gasteiger partial charge >= 0.3 is 5.97 Å². The number of esters is 1. The summed E-state index contributed by atoms with van der Waals surface area (Å²) in [6.45, 7) is 1.41. The summed E-state index contributed by atoms with van der Waals surface area (Å²) in [5, 5.41) is 0.968. The number of hydrogen-bond donors (Lipinski definition) is 0. The molecule has 0 bridgehead atoms. The molecule has 0 atom stereocenters. The largest absolute Gasteiger partial charge is 0.465 e. The standard InChI is InChI=1S/C19H20N2O3S/c1-23-12-11-21-17-6-4-3-5-16(17)20-19(21)25-13-14-7-9-15(10-8-14)18(22)24-2/h3-10H,11-13H2,1-2H3. The fourth-order valence-corrected chi connectivity index (χ4v) is 3.56. The van der Waals surface area contributed by atoms with Gasteiger partial charge in [-0.25, -0.2) is 9.78 Å². The molecule has 0 aliphatic carbocycles. The monoisotopic (exact) mass is 356 g/mol. The first kappa shape index (κ1) is 17.5.